The van der Waals surface area contributed by atoms with Crippen LogP contribution in [0.15, 0.2) is 0 Å². The number of rotatable bonds is 0. The summed E-state index contributed by atoms with van der Waals surface area (Å²) in [6, 6.07) is 0. The second-order valence-corrected chi connectivity index (χ2v) is 8.57. The molecule has 0 aromatic heterocycles. The molecule has 0 aliphatic carbocycles. The van der Waals surface area contributed by atoms with E-state index in [4.69, 9.17) is 0 Å². The number of piperidine rings is 1. The van der Waals surface area contributed by atoms with E-state index < -0.39 is 0 Å². The minimum Gasteiger partial charge on any atom is -0.341 e. The van der Waals surface area contributed by atoms with Crippen molar-refractivity contribution in [1.82, 2.24) is 9.80 Å². The summed E-state index contributed by atoms with van der Waals surface area (Å²) < 4.78 is 0. The summed E-state index contributed by atoms with van der Waals surface area (Å²) in [6.45, 7) is 17.3. The first-order valence-electron chi connectivity index (χ1n) is 7.58. The molecule has 3 nitrogen and oxygen atoms in total. The number of carbonyl (C=O) groups is 1. The van der Waals surface area contributed by atoms with Crippen LogP contribution in [0, 0.1) is 10.8 Å². The number of hydrogen-bond donors (Lipinski definition) is 0. The van der Waals surface area contributed by atoms with Crippen molar-refractivity contribution in [2.75, 3.05) is 26.2 Å². The number of nitrogens with zero attached hydrogens (tertiary/aromatic N) is 2. The third kappa shape index (κ3) is 2.96. The number of likely N-dealkylation sites (tertiary alicyclic amines) is 2. The molecule has 0 atom stereocenters. The van der Waals surface area contributed by atoms with Crippen molar-refractivity contribution in [2.45, 2.75) is 59.9 Å². The van der Waals surface area contributed by atoms with Crippen LogP contribution >= 0.6 is 0 Å². The van der Waals surface area contributed by atoms with Crippen LogP contribution in [-0.2, 0) is 4.79 Å². The summed E-state index contributed by atoms with van der Waals surface area (Å²) in [5.74, 6) is 0.316. The summed E-state index contributed by atoms with van der Waals surface area (Å²) in [7, 11) is 0. The Hall–Kier alpha value is -0.570. The van der Waals surface area contributed by atoms with Crippen molar-refractivity contribution >= 4 is 5.91 Å². The Balaban J connectivity index is 1.86. The summed E-state index contributed by atoms with van der Waals surface area (Å²) in [6.07, 6.45) is 2.50. The first-order chi connectivity index (χ1) is 8.54. The predicted octanol–water partition coefficient (Wildman–Crippen LogP) is 2.76. The minimum atomic E-state index is -0.228. The third-order valence-corrected chi connectivity index (χ3v) is 4.75. The minimum absolute atomic E-state index is 0.228. The molecule has 2 aliphatic rings. The zero-order chi connectivity index (χ0) is 14.5. The molecule has 2 fully saturated rings. The van der Waals surface area contributed by atoms with Crippen LogP contribution in [0.1, 0.15) is 54.4 Å². The highest BCUT2D eigenvalue weighted by Gasteiger charge is 2.49. The molecule has 0 aromatic rings. The predicted molar refractivity (Wildman–Crippen MR) is 79.0 cm³/mol. The first-order valence-corrected chi connectivity index (χ1v) is 7.58. The van der Waals surface area contributed by atoms with Crippen molar-refractivity contribution in [1.29, 1.82) is 0 Å². The molecule has 0 saturated carbocycles. The van der Waals surface area contributed by atoms with Gasteiger partial charge in [-0.05, 0) is 46.7 Å². The quantitative estimate of drug-likeness (QED) is 0.673. The van der Waals surface area contributed by atoms with E-state index >= 15 is 0 Å². The van der Waals surface area contributed by atoms with E-state index in [1.807, 2.05) is 20.8 Å². The van der Waals surface area contributed by atoms with Gasteiger partial charge in [-0.1, -0.05) is 20.8 Å². The molecule has 1 spiro atoms. The molecule has 0 unspecified atom stereocenters. The van der Waals surface area contributed by atoms with E-state index in [9.17, 15) is 4.79 Å². The SMILES string of the molecule is CC(C)(C)C(=O)N1CC2(CCN(C(C)(C)C)CC2)C1. The highest BCUT2D eigenvalue weighted by molar-refractivity contribution is 5.82. The van der Waals surface area contributed by atoms with Gasteiger partial charge in [-0.3, -0.25) is 9.69 Å². The van der Waals surface area contributed by atoms with Gasteiger partial charge in [0, 0.05) is 29.5 Å². The summed E-state index contributed by atoms with van der Waals surface area (Å²) in [4.78, 5) is 16.9. The normalized spacial score (nSPS) is 24.4. The van der Waals surface area contributed by atoms with Crippen LogP contribution in [-0.4, -0.2) is 47.4 Å². The van der Waals surface area contributed by atoms with E-state index in [2.05, 4.69) is 30.6 Å². The molecule has 2 rings (SSSR count). The fourth-order valence-electron chi connectivity index (χ4n) is 3.35. The largest absolute Gasteiger partial charge is 0.341 e. The van der Waals surface area contributed by atoms with Crippen LogP contribution in [0.25, 0.3) is 0 Å². The molecule has 0 aromatic carbocycles. The van der Waals surface area contributed by atoms with Crippen LogP contribution in [0.3, 0.4) is 0 Å². The van der Waals surface area contributed by atoms with E-state index in [1.54, 1.807) is 0 Å². The molecule has 0 radical (unpaired) electrons. The summed E-state index contributed by atoms with van der Waals surface area (Å²) in [5.41, 5.74) is 0.489. The van der Waals surface area contributed by atoms with Gasteiger partial charge in [0.05, 0.1) is 0 Å². The van der Waals surface area contributed by atoms with Gasteiger partial charge < -0.3 is 4.90 Å². The van der Waals surface area contributed by atoms with Gasteiger partial charge in [-0.25, -0.2) is 0 Å². The Kier molecular flexibility index (Phi) is 3.49. The van der Waals surface area contributed by atoms with Crippen LogP contribution < -0.4 is 0 Å². The van der Waals surface area contributed by atoms with Gasteiger partial charge in [0.1, 0.15) is 0 Å². The highest BCUT2D eigenvalue weighted by Crippen LogP contribution is 2.43. The van der Waals surface area contributed by atoms with Gasteiger partial charge in [-0.15, -0.1) is 0 Å². The fraction of sp³-hybridized carbons (Fsp3) is 0.938. The average molecular weight is 266 g/mol. The van der Waals surface area contributed by atoms with Crippen molar-refractivity contribution in [3.8, 4) is 0 Å². The lowest BCUT2D eigenvalue weighted by atomic mass is 9.70. The topological polar surface area (TPSA) is 23.6 Å². The second kappa shape index (κ2) is 4.47. The lowest BCUT2D eigenvalue weighted by molar-refractivity contribution is -0.156. The molecule has 2 aliphatic heterocycles. The molecule has 1 amide bonds. The molecule has 0 bridgehead atoms. The molecule has 3 heteroatoms. The number of amides is 1. The average Bonchev–Trinajstić information content (AvgIpc) is 2.22. The monoisotopic (exact) mass is 266 g/mol. The molecule has 110 valence electrons. The van der Waals surface area contributed by atoms with Gasteiger partial charge in [0.25, 0.3) is 0 Å². The van der Waals surface area contributed by atoms with Crippen molar-refractivity contribution in [3.05, 3.63) is 0 Å². The Labute approximate surface area is 118 Å². The van der Waals surface area contributed by atoms with Crippen LogP contribution in [0.5, 0.6) is 0 Å². The van der Waals surface area contributed by atoms with Gasteiger partial charge in [0.2, 0.25) is 5.91 Å². The van der Waals surface area contributed by atoms with Crippen LogP contribution in [0.2, 0.25) is 0 Å². The number of carbonyl (C=O) groups excluding carboxylic acids is 1. The lowest BCUT2D eigenvalue weighted by Gasteiger charge is -2.56. The van der Waals surface area contributed by atoms with Gasteiger partial charge in [-0.2, -0.15) is 0 Å². The van der Waals surface area contributed by atoms with E-state index in [-0.39, 0.29) is 11.0 Å². The Morgan fingerprint density at radius 2 is 1.42 bits per heavy atom. The Morgan fingerprint density at radius 1 is 0.947 bits per heavy atom. The Morgan fingerprint density at radius 3 is 1.79 bits per heavy atom. The van der Waals surface area contributed by atoms with Gasteiger partial charge >= 0.3 is 0 Å². The van der Waals surface area contributed by atoms with E-state index in [0.717, 1.165) is 13.1 Å². The standard InChI is InChI=1S/C16H30N2O/c1-14(2,3)13(19)17-11-16(12-17)7-9-18(10-8-16)15(4,5)6/h7-12H2,1-6H3. The molecule has 2 saturated heterocycles. The summed E-state index contributed by atoms with van der Waals surface area (Å²) >= 11 is 0. The second-order valence-electron chi connectivity index (χ2n) is 8.57. The molecular weight excluding hydrogens is 236 g/mol. The summed E-state index contributed by atoms with van der Waals surface area (Å²) in [5, 5.41) is 0. The maximum atomic E-state index is 12.2. The van der Waals surface area contributed by atoms with Crippen molar-refractivity contribution in [3.63, 3.8) is 0 Å². The Bertz CT molecular complexity index is 346. The first kappa shape index (κ1) is 14.8. The maximum Gasteiger partial charge on any atom is 0.227 e. The van der Waals surface area contributed by atoms with E-state index in [0.29, 0.717) is 11.3 Å². The van der Waals surface area contributed by atoms with Crippen molar-refractivity contribution in [2.24, 2.45) is 10.8 Å². The smallest absolute Gasteiger partial charge is 0.227 e. The van der Waals surface area contributed by atoms with E-state index in [1.165, 1.54) is 25.9 Å². The number of hydrogen-bond acceptors (Lipinski definition) is 2. The molecular formula is C16H30N2O. The molecule has 2 heterocycles. The zero-order valence-corrected chi connectivity index (χ0v) is 13.5. The fourth-order valence-corrected chi connectivity index (χ4v) is 3.35. The highest BCUT2D eigenvalue weighted by atomic mass is 16.2. The lowest BCUT2D eigenvalue weighted by Crippen LogP contribution is -2.64. The van der Waals surface area contributed by atoms with Gasteiger partial charge in [0.15, 0.2) is 0 Å². The zero-order valence-electron chi connectivity index (χ0n) is 13.5. The van der Waals surface area contributed by atoms with Crippen molar-refractivity contribution < 1.29 is 4.79 Å². The molecule has 0 N–H and O–H groups in total. The molecule has 19 heavy (non-hydrogen) atoms. The third-order valence-electron chi connectivity index (χ3n) is 4.75. The van der Waals surface area contributed by atoms with Crippen LogP contribution in [0.4, 0.5) is 0 Å². The maximum absolute atomic E-state index is 12.2.